The summed E-state index contributed by atoms with van der Waals surface area (Å²) in [6, 6.07) is 9.80. The number of carbonyl (C=O) groups excluding carboxylic acids is 2. The molecule has 5 nitrogen and oxygen atoms in total. The molecule has 0 aliphatic carbocycles. The van der Waals surface area contributed by atoms with Crippen LogP contribution in [0.3, 0.4) is 0 Å². The van der Waals surface area contributed by atoms with Crippen molar-refractivity contribution in [3.8, 4) is 0 Å². The molecule has 1 heterocycles. The molecule has 1 aromatic rings. The van der Waals surface area contributed by atoms with Crippen LogP contribution in [0, 0.1) is 0 Å². The van der Waals surface area contributed by atoms with E-state index >= 15 is 0 Å². The Labute approximate surface area is 144 Å². The average Bonchev–Trinajstić information content (AvgIpc) is 2.60. The van der Waals surface area contributed by atoms with E-state index in [4.69, 9.17) is 0 Å². The lowest BCUT2D eigenvalue weighted by atomic mass is 10.0. The fraction of sp³-hybridized carbons (Fsp3) is 0.526. The van der Waals surface area contributed by atoms with Crippen LogP contribution in [0.4, 0.5) is 0 Å². The lowest BCUT2D eigenvalue weighted by Crippen LogP contribution is -2.40. The number of hydrazone groups is 1. The van der Waals surface area contributed by atoms with Gasteiger partial charge in [0.05, 0.1) is 5.71 Å². The zero-order valence-corrected chi connectivity index (χ0v) is 14.5. The van der Waals surface area contributed by atoms with Gasteiger partial charge in [0, 0.05) is 19.4 Å². The van der Waals surface area contributed by atoms with Gasteiger partial charge in [-0.2, -0.15) is 5.10 Å². The van der Waals surface area contributed by atoms with Gasteiger partial charge in [-0.1, -0.05) is 62.9 Å². The molecule has 0 fully saturated rings. The summed E-state index contributed by atoms with van der Waals surface area (Å²) in [5, 5.41) is 8.57. The molecular formula is C19H27N3O2. The van der Waals surface area contributed by atoms with Crippen molar-refractivity contribution in [2.24, 2.45) is 5.10 Å². The maximum absolute atomic E-state index is 12.0. The van der Waals surface area contributed by atoms with Crippen LogP contribution in [0.15, 0.2) is 35.4 Å². The van der Waals surface area contributed by atoms with Crippen LogP contribution in [0.25, 0.3) is 0 Å². The van der Waals surface area contributed by atoms with Crippen molar-refractivity contribution in [3.63, 3.8) is 0 Å². The maximum atomic E-state index is 12.0. The highest BCUT2D eigenvalue weighted by atomic mass is 16.2. The highest BCUT2D eigenvalue weighted by Gasteiger charge is 2.23. The van der Waals surface area contributed by atoms with Crippen LogP contribution in [0.1, 0.15) is 57.4 Å². The predicted octanol–water partition coefficient (Wildman–Crippen LogP) is 3.10. The van der Waals surface area contributed by atoms with Crippen molar-refractivity contribution >= 4 is 17.5 Å². The van der Waals surface area contributed by atoms with E-state index in [0.717, 1.165) is 24.1 Å². The first kappa shape index (κ1) is 18.2. The first-order valence-electron chi connectivity index (χ1n) is 8.90. The van der Waals surface area contributed by atoms with Gasteiger partial charge < -0.3 is 5.32 Å². The van der Waals surface area contributed by atoms with E-state index in [2.05, 4.69) is 17.3 Å². The van der Waals surface area contributed by atoms with E-state index in [9.17, 15) is 9.59 Å². The number of carbonyl (C=O) groups is 2. The minimum Gasteiger partial charge on any atom is -0.354 e. The monoisotopic (exact) mass is 329 g/mol. The summed E-state index contributed by atoms with van der Waals surface area (Å²) in [6.45, 7) is 2.85. The van der Waals surface area contributed by atoms with Crippen molar-refractivity contribution < 1.29 is 9.59 Å². The molecule has 1 aromatic carbocycles. The summed E-state index contributed by atoms with van der Waals surface area (Å²) < 4.78 is 0. The Hall–Kier alpha value is -2.17. The zero-order chi connectivity index (χ0) is 17.2. The number of amides is 2. The van der Waals surface area contributed by atoms with Crippen molar-refractivity contribution in [1.29, 1.82) is 0 Å². The first-order chi connectivity index (χ1) is 11.7. The third-order valence-electron chi connectivity index (χ3n) is 4.11. The van der Waals surface area contributed by atoms with Gasteiger partial charge in [-0.15, -0.1) is 0 Å². The van der Waals surface area contributed by atoms with E-state index in [1.165, 1.54) is 24.3 Å². The average molecular weight is 329 g/mol. The largest absolute Gasteiger partial charge is 0.354 e. The lowest BCUT2D eigenvalue weighted by Gasteiger charge is -2.23. The van der Waals surface area contributed by atoms with Gasteiger partial charge in [0.15, 0.2) is 0 Å². The van der Waals surface area contributed by atoms with Gasteiger partial charge in [0.1, 0.15) is 6.54 Å². The van der Waals surface area contributed by atoms with Gasteiger partial charge in [0.2, 0.25) is 11.8 Å². The quantitative estimate of drug-likeness (QED) is 0.708. The molecule has 1 aliphatic heterocycles. The smallest absolute Gasteiger partial charge is 0.243 e. The maximum Gasteiger partial charge on any atom is 0.243 e. The molecule has 0 aromatic heterocycles. The Morgan fingerprint density at radius 3 is 2.62 bits per heavy atom. The summed E-state index contributed by atoms with van der Waals surface area (Å²) >= 11 is 0. The molecule has 2 rings (SSSR count). The molecule has 1 N–H and O–H groups in total. The molecule has 2 amide bonds. The van der Waals surface area contributed by atoms with Crippen LogP contribution in [0.5, 0.6) is 0 Å². The Morgan fingerprint density at radius 1 is 1.12 bits per heavy atom. The topological polar surface area (TPSA) is 61.8 Å². The second-order valence-electron chi connectivity index (χ2n) is 6.13. The molecule has 0 spiro atoms. The number of nitrogens with one attached hydrogen (secondary N) is 1. The Balaban J connectivity index is 1.81. The second-order valence-corrected chi connectivity index (χ2v) is 6.13. The number of hydrogen-bond donors (Lipinski definition) is 1. The fourth-order valence-electron chi connectivity index (χ4n) is 2.71. The van der Waals surface area contributed by atoms with Gasteiger partial charge in [-0.25, -0.2) is 5.01 Å². The summed E-state index contributed by atoms with van der Waals surface area (Å²) in [4.78, 5) is 24.0. The lowest BCUT2D eigenvalue weighted by molar-refractivity contribution is -0.136. The van der Waals surface area contributed by atoms with E-state index in [1.54, 1.807) is 0 Å². The minimum atomic E-state index is -0.142. The number of rotatable bonds is 9. The summed E-state index contributed by atoms with van der Waals surface area (Å²) in [5.41, 5.74) is 1.87. The Kier molecular flexibility index (Phi) is 7.46. The van der Waals surface area contributed by atoms with Crippen molar-refractivity contribution in [2.75, 3.05) is 13.1 Å². The Bertz CT molecular complexity index is 569. The van der Waals surface area contributed by atoms with E-state index < -0.39 is 0 Å². The van der Waals surface area contributed by atoms with E-state index in [1.807, 2.05) is 30.3 Å². The standard InChI is InChI=1S/C19H27N3O2/c1-2-3-4-5-9-14-20-18(23)15-22-19(24)13-12-17(21-22)16-10-7-6-8-11-16/h6-8,10-11H,2-5,9,12-15H2,1H3,(H,20,23). The normalized spacial score (nSPS) is 14.5. The van der Waals surface area contributed by atoms with Crippen molar-refractivity contribution in [2.45, 2.75) is 51.9 Å². The van der Waals surface area contributed by atoms with Gasteiger partial charge >= 0.3 is 0 Å². The third kappa shape index (κ3) is 5.80. The summed E-state index contributed by atoms with van der Waals surface area (Å²) in [6.07, 6.45) is 6.81. The van der Waals surface area contributed by atoms with Crippen LogP contribution >= 0.6 is 0 Å². The molecule has 0 saturated carbocycles. The minimum absolute atomic E-state index is 0.00409. The predicted molar refractivity (Wildman–Crippen MR) is 95.7 cm³/mol. The van der Waals surface area contributed by atoms with Gasteiger partial charge in [-0.05, 0) is 12.0 Å². The van der Waals surface area contributed by atoms with E-state index in [-0.39, 0.29) is 18.4 Å². The van der Waals surface area contributed by atoms with Crippen molar-refractivity contribution in [1.82, 2.24) is 10.3 Å². The summed E-state index contributed by atoms with van der Waals surface area (Å²) in [7, 11) is 0. The fourth-order valence-corrected chi connectivity index (χ4v) is 2.71. The molecule has 1 aliphatic rings. The second kappa shape index (κ2) is 9.85. The molecular weight excluding hydrogens is 302 g/mol. The zero-order valence-electron chi connectivity index (χ0n) is 14.5. The van der Waals surface area contributed by atoms with Gasteiger partial charge in [0.25, 0.3) is 0 Å². The van der Waals surface area contributed by atoms with E-state index in [0.29, 0.717) is 19.4 Å². The van der Waals surface area contributed by atoms with Crippen LogP contribution in [-0.2, 0) is 9.59 Å². The molecule has 0 radical (unpaired) electrons. The van der Waals surface area contributed by atoms with Crippen LogP contribution in [-0.4, -0.2) is 35.6 Å². The molecule has 130 valence electrons. The number of unbranched alkanes of at least 4 members (excludes halogenated alkanes) is 4. The van der Waals surface area contributed by atoms with Gasteiger partial charge in [-0.3, -0.25) is 9.59 Å². The number of nitrogens with zero attached hydrogens (tertiary/aromatic N) is 2. The molecule has 0 bridgehead atoms. The molecule has 5 heteroatoms. The molecule has 0 atom stereocenters. The number of hydrogen-bond acceptors (Lipinski definition) is 3. The molecule has 0 unspecified atom stereocenters. The summed E-state index contributed by atoms with van der Waals surface area (Å²) in [5.74, 6) is -0.232. The SMILES string of the molecule is CCCCCCCNC(=O)CN1N=C(c2ccccc2)CCC1=O. The third-order valence-corrected chi connectivity index (χ3v) is 4.11. The Morgan fingerprint density at radius 2 is 1.88 bits per heavy atom. The highest BCUT2D eigenvalue weighted by molar-refractivity contribution is 6.04. The molecule has 24 heavy (non-hydrogen) atoms. The molecule has 0 saturated heterocycles. The highest BCUT2D eigenvalue weighted by Crippen LogP contribution is 2.14. The first-order valence-corrected chi connectivity index (χ1v) is 8.90. The number of benzene rings is 1. The van der Waals surface area contributed by atoms with Crippen LogP contribution < -0.4 is 5.32 Å². The van der Waals surface area contributed by atoms with Crippen LogP contribution in [0.2, 0.25) is 0 Å². The van der Waals surface area contributed by atoms with Crippen molar-refractivity contribution in [3.05, 3.63) is 35.9 Å².